The Labute approximate surface area is 99.0 Å². The molecule has 0 radical (unpaired) electrons. The van der Waals surface area contributed by atoms with Crippen LogP contribution in [0.2, 0.25) is 0 Å². The molecule has 15 heavy (non-hydrogen) atoms. The van der Waals surface area contributed by atoms with Crippen molar-refractivity contribution in [1.29, 1.82) is 0 Å². The van der Waals surface area contributed by atoms with Gasteiger partial charge in [-0.2, -0.15) is 0 Å². The van der Waals surface area contributed by atoms with Crippen LogP contribution in [0.4, 0.5) is 5.95 Å². The minimum Gasteiger partial charge on any atom is -0.341 e. The van der Waals surface area contributed by atoms with Gasteiger partial charge in [-0.15, -0.1) is 0 Å². The van der Waals surface area contributed by atoms with Crippen LogP contribution in [0.25, 0.3) is 0 Å². The van der Waals surface area contributed by atoms with Crippen molar-refractivity contribution in [3.05, 3.63) is 16.9 Å². The molecule has 3 nitrogen and oxygen atoms in total. The van der Waals surface area contributed by atoms with Gasteiger partial charge < -0.3 is 4.90 Å². The fourth-order valence-electron chi connectivity index (χ4n) is 1.98. The van der Waals surface area contributed by atoms with E-state index in [1.807, 2.05) is 12.4 Å². The van der Waals surface area contributed by atoms with E-state index in [9.17, 15) is 0 Å². The highest BCUT2D eigenvalue weighted by atomic mass is 79.9. The number of aromatic nitrogens is 2. The monoisotopic (exact) mass is 269 g/mol. The summed E-state index contributed by atoms with van der Waals surface area (Å²) >= 11 is 3.35. The Bertz CT molecular complexity index is 323. The summed E-state index contributed by atoms with van der Waals surface area (Å²) < 4.78 is 0.936. The number of halogens is 1. The van der Waals surface area contributed by atoms with Gasteiger partial charge in [0, 0.05) is 25.5 Å². The first-order chi connectivity index (χ1) is 7.16. The zero-order valence-corrected chi connectivity index (χ0v) is 10.7. The van der Waals surface area contributed by atoms with Crippen LogP contribution in [0.15, 0.2) is 16.9 Å². The number of hydrogen-bond donors (Lipinski definition) is 0. The molecule has 1 atom stereocenters. The summed E-state index contributed by atoms with van der Waals surface area (Å²) in [5.74, 6) is 2.41. The van der Waals surface area contributed by atoms with Crippen LogP contribution < -0.4 is 4.90 Å². The minimum atomic E-state index is 0.755. The maximum absolute atomic E-state index is 4.32. The van der Waals surface area contributed by atoms with Crippen molar-refractivity contribution in [2.75, 3.05) is 18.0 Å². The second kappa shape index (κ2) is 4.47. The number of rotatable bonds is 2. The average Bonchev–Trinajstić information content (AvgIpc) is 2.68. The van der Waals surface area contributed by atoms with Crippen molar-refractivity contribution in [2.45, 2.75) is 20.3 Å². The predicted octanol–water partition coefficient (Wildman–Crippen LogP) is 2.72. The zero-order valence-electron chi connectivity index (χ0n) is 9.15. The summed E-state index contributed by atoms with van der Waals surface area (Å²) in [5.41, 5.74) is 0. The van der Waals surface area contributed by atoms with E-state index in [-0.39, 0.29) is 0 Å². The van der Waals surface area contributed by atoms with E-state index in [4.69, 9.17) is 0 Å². The van der Waals surface area contributed by atoms with Gasteiger partial charge in [0.05, 0.1) is 4.47 Å². The second-order valence-electron chi connectivity index (χ2n) is 4.44. The van der Waals surface area contributed by atoms with E-state index in [2.05, 4.69) is 44.6 Å². The quantitative estimate of drug-likeness (QED) is 0.827. The molecule has 1 aromatic heterocycles. The van der Waals surface area contributed by atoms with E-state index in [1.165, 1.54) is 6.42 Å². The summed E-state index contributed by atoms with van der Waals surface area (Å²) in [6.45, 7) is 6.76. The van der Waals surface area contributed by atoms with Crippen molar-refractivity contribution < 1.29 is 0 Å². The predicted molar refractivity (Wildman–Crippen MR) is 64.9 cm³/mol. The lowest BCUT2D eigenvalue weighted by molar-refractivity contribution is 0.422. The molecule has 1 aliphatic heterocycles. The first kappa shape index (κ1) is 10.9. The Morgan fingerprint density at radius 1 is 1.40 bits per heavy atom. The van der Waals surface area contributed by atoms with Crippen molar-refractivity contribution in [3.63, 3.8) is 0 Å². The Kier molecular flexibility index (Phi) is 3.24. The van der Waals surface area contributed by atoms with Crippen LogP contribution in [-0.4, -0.2) is 23.1 Å². The van der Waals surface area contributed by atoms with Crippen LogP contribution in [0.3, 0.4) is 0 Å². The first-order valence-electron chi connectivity index (χ1n) is 5.39. The highest BCUT2D eigenvalue weighted by molar-refractivity contribution is 9.10. The molecule has 1 aromatic rings. The summed E-state index contributed by atoms with van der Waals surface area (Å²) in [6.07, 6.45) is 4.88. The highest BCUT2D eigenvalue weighted by Crippen LogP contribution is 2.26. The van der Waals surface area contributed by atoms with Gasteiger partial charge in [0.25, 0.3) is 0 Å². The Hall–Kier alpha value is -0.640. The fraction of sp³-hybridized carbons (Fsp3) is 0.636. The van der Waals surface area contributed by atoms with Gasteiger partial charge in [0.1, 0.15) is 0 Å². The topological polar surface area (TPSA) is 29.0 Å². The summed E-state index contributed by atoms with van der Waals surface area (Å²) in [4.78, 5) is 10.9. The van der Waals surface area contributed by atoms with E-state index in [0.717, 1.165) is 35.3 Å². The second-order valence-corrected chi connectivity index (χ2v) is 5.36. The molecule has 82 valence electrons. The van der Waals surface area contributed by atoms with Gasteiger partial charge in [-0.1, -0.05) is 13.8 Å². The Morgan fingerprint density at radius 3 is 2.60 bits per heavy atom. The van der Waals surface area contributed by atoms with Crippen LogP contribution in [-0.2, 0) is 0 Å². The molecule has 0 saturated carbocycles. The number of nitrogens with zero attached hydrogens (tertiary/aromatic N) is 3. The van der Waals surface area contributed by atoms with Gasteiger partial charge >= 0.3 is 0 Å². The van der Waals surface area contributed by atoms with Crippen LogP contribution in [0, 0.1) is 11.8 Å². The molecule has 1 saturated heterocycles. The molecule has 1 unspecified atom stereocenters. The third-order valence-corrected chi connectivity index (χ3v) is 3.47. The number of hydrogen-bond acceptors (Lipinski definition) is 3. The van der Waals surface area contributed by atoms with Crippen LogP contribution in [0.1, 0.15) is 20.3 Å². The standard InChI is InChI=1S/C11H16BrN3/c1-8(2)9-3-4-15(7-9)11-13-5-10(12)6-14-11/h5-6,8-9H,3-4,7H2,1-2H3. The molecule has 2 heterocycles. The maximum Gasteiger partial charge on any atom is 0.225 e. The molecule has 0 bridgehead atoms. The van der Waals surface area contributed by atoms with Gasteiger partial charge in [-0.25, -0.2) is 9.97 Å². The molecule has 0 spiro atoms. The van der Waals surface area contributed by atoms with Crippen molar-refractivity contribution in [3.8, 4) is 0 Å². The average molecular weight is 270 g/mol. The summed E-state index contributed by atoms with van der Waals surface area (Å²) in [5, 5.41) is 0. The van der Waals surface area contributed by atoms with Gasteiger partial charge in [0.15, 0.2) is 0 Å². The normalized spacial score (nSPS) is 21.3. The third-order valence-electron chi connectivity index (χ3n) is 3.06. The minimum absolute atomic E-state index is 0.755. The smallest absolute Gasteiger partial charge is 0.225 e. The molecular formula is C11H16BrN3. The van der Waals surface area contributed by atoms with Crippen molar-refractivity contribution in [1.82, 2.24) is 9.97 Å². The maximum atomic E-state index is 4.32. The van der Waals surface area contributed by atoms with Crippen LogP contribution >= 0.6 is 15.9 Å². The van der Waals surface area contributed by atoms with E-state index < -0.39 is 0 Å². The van der Waals surface area contributed by atoms with Crippen LogP contribution in [0.5, 0.6) is 0 Å². The van der Waals surface area contributed by atoms with Gasteiger partial charge in [-0.05, 0) is 34.2 Å². The molecule has 2 rings (SSSR count). The number of anilines is 1. The van der Waals surface area contributed by atoms with Crippen molar-refractivity contribution in [2.24, 2.45) is 11.8 Å². The summed E-state index contributed by atoms with van der Waals surface area (Å²) in [7, 11) is 0. The molecular weight excluding hydrogens is 254 g/mol. The Balaban J connectivity index is 2.04. The fourth-order valence-corrected chi connectivity index (χ4v) is 2.19. The lowest BCUT2D eigenvalue weighted by Gasteiger charge is -2.17. The molecule has 0 aliphatic carbocycles. The molecule has 0 aromatic carbocycles. The lowest BCUT2D eigenvalue weighted by atomic mass is 9.95. The lowest BCUT2D eigenvalue weighted by Crippen LogP contribution is -2.23. The molecule has 0 N–H and O–H groups in total. The Morgan fingerprint density at radius 2 is 2.07 bits per heavy atom. The zero-order chi connectivity index (χ0) is 10.8. The third kappa shape index (κ3) is 2.48. The largest absolute Gasteiger partial charge is 0.341 e. The molecule has 1 aliphatic rings. The van der Waals surface area contributed by atoms with Crippen molar-refractivity contribution >= 4 is 21.9 Å². The molecule has 0 amide bonds. The van der Waals surface area contributed by atoms with E-state index in [0.29, 0.717) is 0 Å². The highest BCUT2D eigenvalue weighted by Gasteiger charge is 2.26. The first-order valence-corrected chi connectivity index (χ1v) is 6.18. The molecule has 4 heteroatoms. The molecule has 1 fully saturated rings. The van der Waals surface area contributed by atoms with Gasteiger partial charge in [-0.3, -0.25) is 0 Å². The van der Waals surface area contributed by atoms with Gasteiger partial charge in [0.2, 0.25) is 5.95 Å². The SMILES string of the molecule is CC(C)C1CCN(c2ncc(Br)cn2)C1. The van der Waals surface area contributed by atoms with E-state index >= 15 is 0 Å². The van der Waals surface area contributed by atoms with E-state index in [1.54, 1.807) is 0 Å². The summed E-state index contributed by atoms with van der Waals surface area (Å²) in [6, 6.07) is 0.